The first-order valence-electron chi connectivity index (χ1n) is 10.1. The van der Waals surface area contributed by atoms with Crippen LogP contribution < -0.4 is 4.74 Å². The third kappa shape index (κ3) is 6.07. The van der Waals surface area contributed by atoms with Gasteiger partial charge in [-0.1, -0.05) is 22.9 Å². The molecule has 36 heavy (non-hydrogen) atoms. The second kappa shape index (κ2) is 10.3. The summed E-state index contributed by atoms with van der Waals surface area (Å²) >= 11 is 0. The van der Waals surface area contributed by atoms with Crippen LogP contribution in [-0.4, -0.2) is 56.2 Å². The van der Waals surface area contributed by atoms with Crippen LogP contribution in [0.1, 0.15) is 18.0 Å². The third-order valence-electron chi connectivity index (χ3n) is 4.98. The zero-order valence-corrected chi connectivity index (χ0v) is 20.4. The van der Waals surface area contributed by atoms with Crippen LogP contribution in [0, 0.1) is 30.2 Å². The maximum Gasteiger partial charge on any atom is 0.227 e. The lowest BCUT2D eigenvalue weighted by Gasteiger charge is -2.16. The molecule has 0 bridgehead atoms. The number of hydrogen-bond donors (Lipinski definition) is 0. The van der Waals surface area contributed by atoms with Crippen LogP contribution in [0.5, 0.6) is 5.75 Å². The second-order valence-electron chi connectivity index (χ2n) is 7.84. The van der Waals surface area contributed by atoms with Gasteiger partial charge in [0.2, 0.25) is 26.5 Å². The van der Waals surface area contributed by atoms with E-state index >= 15 is 0 Å². The smallest absolute Gasteiger partial charge is 0.227 e. The molecule has 194 valence electrons. The molecule has 2 aromatic carbocycles. The molecule has 3 rings (SSSR count). The minimum absolute atomic E-state index is 0.0420. The number of nitrogens with zero attached hydrogens (tertiary/aromatic N) is 3. The second-order valence-corrected chi connectivity index (χ2v) is 12.0. The largest absolute Gasteiger partial charge is 0.479 e. The van der Waals surface area contributed by atoms with E-state index < -0.39 is 84.3 Å². The summed E-state index contributed by atoms with van der Waals surface area (Å²) in [4.78, 5) is 12.7. The maximum atomic E-state index is 13.9. The lowest BCUT2D eigenvalue weighted by Crippen LogP contribution is -2.28. The van der Waals surface area contributed by atoms with Crippen molar-refractivity contribution in [1.82, 2.24) is 15.0 Å². The van der Waals surface area contributed by atoms with Crippen LogP contribution in [0.4, 0.5) is 17.6 Å². The van der Waals surface area contributed by atoms with Gasteiger partial charge in [0.15, 0.2) is 23.2 Å². The van der Waals surface area contributed by atoms with E-state index in [9.17, 15) is 39.2 Å². The van der Waals surface area contributed by atoms with Gasteiger partial charge >= 0.3 is 0 Å². The number of hydrogen-bond acceptors (Lipinski definition) is 8. The summed E-state index contributed by atoms with van der Waals surface area (Å²) in [5.74, 6) is -10.3. The number of halogens is 4. The fourth-order valence-electron chi connectivity index (χ4n) is 3.06. The van der Waals surface area contributed by atoms with Gasteiger partial charge in [0, 0.05) is 12.3 Å². The Kier molecular flexibility index (Phi) is 7.83. The molecule has 0 amide bonds. The van der Waals surface area contributed by atoms with E-state index in [1.165, 1.54) is 12.1 Å². The van der Waals surface area contributed by atoms with Crippen molar-refractivity contribution < 1.29 is 43.9 Å². The zero-order chi connectivity index (χ0) is 26.8. The summed E-state index contributed by atoms with van der Waals surface area (Å²) in [6, 6.07) is 4.25. The Labute approximate surface area is 203 Å². The Morgan fingerprint density at radius 2 is 1.61 bits per heavy atom. The first kappa shape index (κ1) is 27.3. The third-order valence-corrected chi connectivity index (χ3v) is 7.59. The fourth-order valence-corrected chi connectivity index (χ4v) is 4.84. The number of ketones is 1. The lowest BCUT2D eigenvalue weighted by molar-refractivity contribution is -0.124. The number of benzene rings is 2. The molecule has 9 nitrogen and oxygen atoms in total. The van der Waals surface area contributed by atoms with Gasteiger partial charge < -0.3 is 4.74 Å². The number of Topliss-reactive ketones (excluding diaryl/α,β-unsaturated/α-hetero) is 1. The molecule has 0 saturated carbocycles. The van der Waals surface area contributed by atoms with Crippen molar-refractivity contribution in [2.75, 3.05) is 18.6 Å². The van der Waals surface area contributed by atoms with E-state index in [2.05, 4.69) is 15.0 Å². The van der Waals surface area contributed by atoms with Crippen molar-refractivity contribution >= 4 is 25.5 Å². The molecule has 0 aliphatic rings. The number of carbonyl (C=O) groups is 1. The van der Waals surface area contributed by atoms with Crippen molar-refractivity contribution in [3.05, 3.63) is 65.4 Å². The van der Waals surface area contributed by atoms with Gasteiger partial charge in [-0.25, -0.2) is 30.3 Å². The quantitative estimate of drug-likeness (QED) is 0.279. The molecular weight excluding hydrogens is 530 g/mol. The fraction of sp³-hybridized carbons (Fsp3) is 0.286. The van der Waals surface area contributed by atoms with Crippen LogP contribution in [0.2, 0.25) is 0 Å². The molecule has 15 heteroatoms. The highest BCUT2D eigenvalue weighted by Gasteiger charge is 2.29. The summed E-state index contributed by atoms with van der Waals surface area (Å²) in [6.45, 7) is 0.605. The average Bonchev–Trinajstić information content (AvgIpc) is 3.28. The van der Waals surface area contributed by atoms with Crippen molar-refractivity contribution in [2.45, 2.75) is 29.3 Å². The van der Waals surface area contributed by atoms with E-state index in [0.717, 1.165) is 22.7 Å². The van der Waals surface area contributed by atoms with Crippen molar-refractivity contribution in [1.29, 1.82) is 0 Å². The highest BCUT2D eigenvalue weighted by molar-refractivity contribution is 7.91. The maximum absolute atomic E-state index is 13.9. The molecule has 0 saturated heterocycles. The SMILES string of the molecule is Cc1ccc(S(=O)(=O)c2cn(C(CCS(C)(=O)=O)C(=O)COc3c(F)c(F)cc(F)c3F)nn2)cc1. The predicted octanol–water partition coefficient (Wildman–Crippen LogP) is 2.60. The summed E-state index contributed by atoms with van der Waals surface area (Å²) in [7, 11) is -7.76. The summed E-state index contributed by atoms with van der Waals surface area (Å²) in [5.41, 5.74) is 0.801. The van der Waals surface area contributed by atoms with Crippen molar-refractivity contribution in [3.8, 4) is 5.75 Å². The molecule has 0 spiro atoms. The first-order chi connectivity index (χ1) is 16.7. The number of carbonyl (C=O) groups excluding carboxylic acids is 1. The van der Waals surface area contributed by atoms with E-state index in [-0.39, 0.29) is 11.0 Å². The Morgan fingerprint density at radius 1 is 1.03 bits per heavy atom. The van der Waals surface area contributed by atoms with E-state index in [4.69, 9.17) is 0 Å². The number of rotatable bonds is 10. The molecule has 0 aliphatic heterocycles. The van der Waals surface area contributed by atoms with E-state index in [0.29, 0.717) is 0 Å². The monoisotopic (exact) mass is 549 g/mol. The van der Waals surface area contributed by atoms with E-state index in [1.54, 1.807) is 19.1 Å². The number of aryl methyl sites for hydroxylation is 1. The molecule has 1 heterocycles. The first-order valence-corrected chi connectivity index (χ1v) is 13.6. The van der Waals surface area contributed by atoms with Crippen molar-refractivity contribution in [3.63, 3.8) is 0 Å². The topological polar surface area (TPSA) is 125 Å². The Hall–Kier alpha value is -3.33. The van der Waals surface area contributed by atoms with Gasteiger partial charge in [-0.05, 0) is 25.5 Å². The standard InChI is InChI=1S/C21H19F4N3O6S2/c1-12-3-5-13(6-4-12)36(32,33)18-10-28(27-26-18)16(7-8-35(2,30)31)17(29)11-34-21-19(24)14(22)9-15(23)20(21)25/h3-6,9-10,16H,7-8,11H2,1-2H3. The minimum Gasteiger partial charge on any atom is -0.479 e. The van der Waals surface area contributed by atoms with Gasteiger partial charge in [0.1, 0.15) is 22.5 Å². The Morgan fingerprint density at radius 3 is 2.17 bits per heavy atom. The molecule has 0 aliphatic carbocycles. The van der Waals surface area contributed by atoms with Crippen LogP contribution in [0.25, 0.3) is 0 Å². The zero-order valence-electron chi connectivity index (χ0n) is 18.8. The lowest BCUT2D eigenvalue weighted by atomic mass is 10.1. The predicted molar refractivity (Wildman–Crippen MR) is 117 cm³/mol. The molecule has 0 fully saturated rings. The van der Waals surface area contributed by atoms with Gasteiger partial charge in [-0.15, -0.1) is 5.10 Å². The van der Waals surface area contributed by atoms with Crippen LogP contribution in [-0.2, 0) is 24.5 Å². The van der Waals surface area contributed by atoms with Crippen LogP contribution >= 0.6 is 0 Å². The van der Waals surface area contributed by atoms with Gasteiger partial charge in [0.25, 0.3) is 0 Å². The number of ether oxygens (including phenoxy) is 1. The molecule has 1 unspecified atom stereocenters. The number of sulfone groups is 2. The molecular formula is C21H19F4N3O6S2. The minimum atomic E-state index is -4.15. The highest BCUT2D eigenvalue weighted by Crippen LogP contribution is 2.27. The molecule has 3 aromatic rings. The van der Waals surface area contributed by atoms with Gasteiger partial charge in [0.05, 0.1) is 16.8 Å². The summed E-state index contributed by atoms with van der Waals surface area (Å²) in [5, 5.41) is 6.63. The van der Waals surface area contributed by atoms with Crippen molar-refractivity contribution in [2.24, 2.45) is 0 Å². The Bertz CT molecular complexity index is 1480. The van der Waals surface area contributed by atoms with Crippen LogP contribution in [0.15, 0.2) is 46.5 Å². The molecule has 0 radical (unpaired) electrons. The highest BCUT2D eigenvalue weighted by atomic mass is 32.2. The molecule has 0 N–H and O–H groups in total. The molecule has 1 aromatic heterocycles. The Balaban J connectivity index is 1.90. The summed E-state index contributed by atoms with van der Waals surface area (Å²) < 4.78 is 109. The normalized spacial score (nSPS) is 12.9. The average molecular weight is 550 g/mol. The van der Waals surface area contributed by atoms with E-state index in [1.807, 2.05) is 0 Å². The van der Waals surface area contributed by atoms with Gasteiger partial charge in [-0.3, -0.25) is 4.79 Å². The number of aromatic nitrogens is 3. The summed E-state index contributed by atoms with van der Waals surface area (Å²) in [6.07, 6.45) is 1.35. The van der Waals surface area contributed by atoms with Crippen LogP contribution in [0.3, 0.4) is 0 Å². The molecule has 1 atom stereocenters. The van der Waals surface area contributed by atoms with Gasteiger partial charge in [-0.2, -0.15) is 8.78 Å².